The third kappa shape index (κ3) is 5.04. The number of nitrogens with zero attached hydrogens (tertiary/aromatic N) is 2. The topological polar surface area (TPSA) is 93.4 Å². The SMILES string of the molecule is CCN(CCC#N)C(=O)N[C@H](C(=O)O)C(C)(C)C. The number of nitrogens with one attached hydrogen (secondary N) is 1. The second-order valence-electron chi connectivity index (χ2n) is 5.07. The van der Waals surface area contributed by atoms with Gasteiger partial charge in [-0.1, -0.05) is 20.8 Å². The lowest BCUT2D eigenvalue weighted by Crippen LogP contribution is -2.53. The summed E-state index contributed by atoms with van der Waals surface area (Å²) in [7, 11) is 0. The quantitative estimate of drug-likeness (QED) is 0.777. The Labute approximate surface area is 108 Å². The Kier molecular flexibility index (Phi) is 6.17. The van der Waals surface area contributed by atoms with Gasteiger partial charge in [0.1, 0.15) is 6.04 Å². The predicted octanol–water partition coefficient (Wildman–Crippen LogP) is 1.43. The van der Waals surface area contributed by atoms with Gasteiger partial charge in [0.15, 0.2) is 0 Å². The van der Waals surface area contributed by atoms with Gasteiger partial charge < -0.3 is 15.3 Å². The molecule has 0 rings (SSSR count). The van der Waals surface area contributed by atoms with Crippen molar-refractivity contribution < 1.29 is 14.7 Å². The zero-order valence-corrected chi connectivity index (χ0v) is 11.4. The van der Waals surface area contributed by atoms with Gasteiger partial charge in [-0.15, -0.1) is 0 Å². The first kappa shape index (κ1) is 16.2. The molecule has 0 aliphatic carbocycles. The number of carboxylic acid groups (broad SMARTS) is 1. The molecular weight excluding hydrogens is 234 g/mol. The number of hydrogen-bond donors (Lipinski definition) is 2. The fourth-order valence-corrected chi connectivity index (χ4v) is 1.45. The number of carbonyl (C=O) groups excluding carboxylic acids is 1. The van der Waals surface area contributed by atoms with Crippen molar-refractivity contribution in [1.82, 2.24) is 10.2 Å². The zero-order chi connectivity index (χ0) is 14.3. The highest BCUT2D eigenvalue weighted by Crippen LogP contribution is 2.19. The van der Waals surface area contributed by atoms with Gasteiger partial charge in [0, 0.05) is 13.1 Å². The highest BCUT2D eigenvalue weighted by Gasteiger charge is 2.33. The lowest BCUT2D eigenvalue weighted by Gasteiger charge is -2.30. The molecule has 1 atom stereocenters. The number of urea groups is 1. The molecule has 0 aliphatic rings. The van der Waals surface area contributed by atoms with Crippen LogP contribution in [0.5, 0.6) is 0 Å². The number of hydrogen-bond acceptors (Lipinski definition) is 3. The minimum Gasteiger partial charge on any atom is -0.480 e. The molecule has 0 aliphatic heterocycles. The van der Waals surface area contributed by atoms with Crippen LogP contribution in [-0.4, -0.2) is 41.1 Å². The van der Waals surface area contributed by atoms with E-state index in [1.54, 1.807) is 27.7 Å². The van der Waals surface area contributed by atoms with Gasteiger partial charge >= 0.3 is 12.0 Å². The Morgan fingerprint density at radius 3 is 2.33 bits per heavy atom. The van der Waals surface area contributed by atoms with Crippen LogP contribution in [0, 0.1) is 16.7 Å². The van der Waals surface area contributed by atoms with E-state index in [9.17, 15) is 9.59 Å². The van der Waals surface area contributed by atoms with Crippen molar-refractivity contribution in [2.45, 2.75) is 40.2 Å². The second kappa shape index (κ2) is 6.84. The summed E-state index contributed by atoms with van der Waals surface area (Å²) < 4.78 is 0. The van der Waals surface area contributed by atoms with Gasteiger partial charge in [0.05, 0.1) is 12.5 Å². The van der Waals surface area contributed by atoms with Crippen LogP contribution in [-0.2, 0) is 4.79 Å². The van der Waals surface area contributed by atoms with Crippen LogP contribution in [0.15, 0.2) is 0 Å². The van der Waals surface area contributed by atoms with E-state index in [0.717, 1.165) is 0 Å². The Morgan fingerprint density at radius 2 is 2.00 bits per heavy atom. The minimum atomic E-state index is -1.06. The number of rotatable bonds is 5. The third-order valence-corrected chi connectivity index (χ3v) is 2.54. The first-order valence-corrected chi connectivity index (χ1v) is 5.89. The van der Waals surface area contributed by atoms with Gasteiger partial charge in [-0.25, -0.2) is 9.59 Å². The van der Waals surface area contributed by atoms with E-state index in [-0.39, 0.29) is 6.42 Å². The highest BCUT2D eigenvalue weighted by atomic mass is 16.4. The molecule has 0 bridgehead atoms. The van der Waals surface area contributed by atoms with Crippen LogP contribution in [0.25, 0.3) is 0 Å². The standard InChI is InChI=1S/C12H21N3O3/c1-5-15(8-6-7-13)11(18)14-9(10(16)17)12(2,3)4/h9H,5-6,8H2,1-4H3,(H,14,18)(H,16,17)/t9-/m1/s1. The highest BCUT2D eigenvalue weighted by molar-refractivity contribution is 5.83. The van der Waals surface area contributed by atoms with Crippen molar-refractivity contribution in [2.24, 2.45) is 5.41 Å². The van der Waals surface area contributed by atoms with E-state index in [1.165, 1.54) is 4.90 Å². The molecule has 0 saturated heterocycles. The smallest absolute Gasteiger partial charge is 0.326 e. The Bertz CT molecular complexity index is 341. The van der Waals surface area contributed by atoms with Gasteiger partial charge in [-0.05, 0) is 12.3 Å². The maximum atomic E-state index is 11.9. The summed E-state index contributed by atoms with van der Waals surface area (Å²) in [5.74, 6) is -1.06. The Balaban J connectivity index is 4.69. The summed E-state index contributed by atoms with van der Waals surface area (Å²) in [6.07, 6.45) is 0.231. The van der Waals surface area contributed by atoms with E-state index < -0.39 is 23.5 Å². The van der Waals surface area contributed by atoms with Crippen molar-refractivity contribution in [3.05, 3.63) is 0 Å². The lowest BCUT2D eigenvalue weighted by atomic mass is 9.87. The summed E-state index contributed by atoms with van der Waals surface area (Å²) in [5.41, 5.74) is -0.573. The van der Waals surface area contributed by atoms with Crippen LogP contribution < -0.4 is 5.32 Å². The van der Waals surface area contributed by atoms with Crippen molar-refractivity contribution >= 4 is 12.0 Å². The fourth-order valence-electron chi connectivity index (χ4n) is 1.45. The molecule has 0 aromatic carbocycles. The molecule has 18 heavy (non-hydrogen) atoms. The van der Waals surface area contributed by atoms with Crippen LogP contribution in [0.3, 0.4) is 0 Å². The Hall–Kier alpha value is -1.77. The maximum absolute atomic E-state index is 11.9. The molecule has 6 nitrogen and oxygen atoms in total. The largest absolute Gasteiger partial charge is 0.480 e. The van der Waals surface area contributed by atoms with Crippen LogP contribution in [0.4, 0.5) is 4.79 Å². The Morgan fingerprint density at radius 1 is 1.44 bits per heavy atom. The first-order valence-electron chi connectivity index (χ1n) is 5.89. The van der Waals surface area contributed by atoms with Gasteiger partial charge in [0.2, 0.25) is 0 Å². The molecule has 0 heterocycles. The average molecular weight is 255 g/mol. The summed E-state index contributed by atoms with van der Waals surface area (Å²) in [6.45, 7) is 7.76. The summed E-state index contributed by atoms with van der Waals surface area (Å²) in [5, 5.41) is 20.1. The number of nitriles is 1. The van der Waals surface area contributed by atoms with E-state index in [1.807, 2.05) is 6.07 Å². The van der Waals surface area contributed by atoms with Crippen molar-refractivity contribution in [3.63, 3.8) is 0 Å². The maximum Gasteiger partial charge on any atom is 0.326 e. The lowest BCUT2D eigenvalue weighted by molar-refractivity contribution is -0.142. The van der Waals surface area contributed by atoms with E-state index in [2.05, 4.69) is 5.32 Å². The van der Waals surface area contributed by atoms with Crippen molar-refractivity contribution in [3.8, 4) is 6.07 Å². The average Bonchev–Trinajstić information content (AvgIpc) is 2.24. The molecule has 102 valence electrons. The fraction of sp³-hybridized carbons (Fsp3) is 0.750. The van der Waals surface area contributed by atoms with Gasteiger partial charge in [-0.2, -0.15) is 5.26 Å². The van der Waals surface area contributed by atoms with Crippen molar-refractivity contribution in [1.29, 1.82) is 5.26 Å². The zero-order valence-electron chi connectivity index (χ0n) is 11.4. The number of carbonyl (C=O) groups is 2. The summed E-state index contributed by atoms with van der Waals surface area (Å²) in [4.78, 5) is 24.4. The van der Waals surface area contributed by atoms with E-state index in [0.29, 0.717) is 13.1 Å². The number of amides is 2. The third-order valence-electron chi connectivity index (χ3n) is 2.54. The van der Waals surface area contributed by atoms with Crippen molar-refractivity contribution in [2.75, 3.05) is 13.1 Å². The summed E-state index contributed by atoms with van der Waals surface area (Å²) in [6, 6.07) is 0.549. The van der Waals surface area contributed by atoms with Gasteiger partial charge in [-0.3, -0.25) is 0 Å². The second-order valence-corrected chi connectivity index (χ2v) is 5.07. The molecule has 0 spiro atoms. The predicted molar refractivity (Wildman–Crippen MR) is 66.9 cm³/mol. The number of carboxylic acids is 1. The molecule has 0 aromatic heterocycles. The molecule has 0 radical (unpaired) electrons. The molecule has 2 amide bonds. The van der Waals surface area contributed by atoms with E-state index >= 15 is 0 Å². The molecule has 0 fully saturated rings. The van der Waals surface area contributed by atoms with Crippen LogP contribution in [0.1, 0.15) is 34.1 Å². The molecule has 0 aromatic rings. The monoisotopic (exact) mass is 255 g/mol. The van der Waals surface area contributed by atoms with E-state index in [4.69, 9.17) is 10.4 Å². The summed E-state index contributed by atoms with van der Waals surface area (Å²) >= 11 is 0. The van der Waals surface area contributed by atoms with Crippen LogP contribution in [0.2, 0.25) is 0 Å². The normalized spacial score (nSPS) is 12.4. The van der Waals surface area contributed by atoms with Gasteiger partial charge in [0.25, 0.3) is 0 Å². The molecule has 0 saturated carbocycles. The number of aliphatic carboxylic acids is 1. The minimum absolute atomic E-state index is 0.231. The molecular formula is C12H21N3O3. The van der Waals surface area contributed by atoms with Crippen LogP contribution >= 0.6 is 0 Å². The molecule has 6 heteroatoms. The first-order chi connectivity index (χ1) is 8.23. The molecule has 2 N–H and O–H groups in total. The molecule has 0 unspecified atom stereocenters.